The van der Waals surface area contributed by atoms with Gasteiger partial charge >= 0.3 is 0 Å². The molecule has 0 unspecified atom stereocenters. The molecule has 0 aromatic heterocycles. The second-order valence-electron chi connectivity index (χ2n) is 3.91. The molecule has 0 aliphatic carbocycles. The van der Waals surface area contributed by atoms with E-state index in [1.807, 2.05) is 4.90 Å². The molecule has 1 saturated heterocycles. The molecule has 0 saturated carbocycles. The number of piperidine rings is 1. The third-order valence-corrected chi connectivity index (χ3v) is 2.58. The van der Waals surface area contributed by atoms with E-state index in [9.17, 15) is 4.79 Å². The van der Waals surface area contributed by atoms with E-state index < -0.39 is 6.10 Å². The number of aliphatic hydroxyl groups excluding tert-OH is 2. The van der Waals surface area contributed by atoms with Gasteiger partial charge in [-0.15, -0.1) is 0 Å². The number of nitrogens with one attached hydrogen (secondary N) is 1. The van der Waals surface area contributed by atoms with Crippen molar-refractivity contribution in [2.75, 3.05) is 32.8 Å². The van der Waals surface area contributed by atoms with Crippen LogP contribution in [0.2, 0.25) is 0 Å². The van der Waals surface area contributed by atoms with Gasteiger partial charge in [0.2, 0.25) is 5.91 Å². The highest BCUT2D eigenvalue weighted by Gasteiger charge is 2.15. The number of rotatable bonds is 5. The summed E-state index contributed by atoms with van der Waals surface area (Å²) in [5, 5.41) is 20.4. The topological polar surface area (TPSA) is 72.8 Å². The average Bonchev–Trinajstić information content (AvgIpc) is 2.29. The minimum Gasteiger partial charge on any atom is -0.394 e. The first-order chi connectivity index (χ1) is 7.24. The van der Waals surface area contributed by atoms with E-state index in [1.165, 1.54) is 6.42 Å². The Morgan fingerprint density at radius 3 is 2.60 bits per heavy atom. The molecule has 1 fully saturated rings. The Labute approximate surface area is 90.1 Å². The molecule has 5 nitrogen and oxygen atoms in total. The van der Waals surface area contributed by atoms with Gasteiger partial charge in [0, 0.05) is 19.6 Å². The van der Waals surface area contributed by atoms with E-state index in [0.717, 1.165) is 25.9 Å². The molecule has 1 heterocycles. The molecule has 0 radical (unpaired) electrons. The van der Waals surface area contributed by atoms with Crippen molar-refractivity contribution in [1.82, 2.24) is 10.2 Å². The summed E-state index contributed by atoms with van der Waals surface area (Å²) in [7, 11) is 0. The zero-order valence-electron chi connectivity index (χ0n) is 8.98. The van der Waals surface area contributed by atoms with Crippen LogP contribution >= 0.6 is 0 Å². The summed E-state index contributed by atoms with van der Waals surface area (Å²) < 4.78 is 0. The van der Waals surface area contributed by atoms with Crippen molar-refractivity contribution in [3.8, 4) is 0 Å². The van der Waals surface area contributed by atoms with Crippen LogP contribution in [0.5, 0.6) is 0 Å². The number of carbonyl (C=O) groups is 1. The Bertz CT molecular complexity index is 193. The highest BCUT2D eigenvalue weighted by Crippen LogP contribution is 2.07. The maximum absolute atomic E-state index is 11.6. The lowest BCUT2D eigenvalue weighted by Crippen LogP contribution is -2.42. The molecule has 1 aliphatic heterocycles. The van der Waals surface area contributed by atoms with Gasteiger partial charge < -0.3 is 20.4 Å². The smallest absolute Gasteiger partial charge is 0.236 e. The van der Waals surface area contributed by atoms with Crippen molar-refractivity contribution < 1.29 is 15.0 Å². The van der Waals surface area contributed by atoms with Crippen LogP contribution in [0.4, 0.5) is 0 Å². The fourth-order valence-corrected chi connectivity index (χ4v) is 1.67. The number of amides is 1. The number of likely N-dealkylation sites (tertiary alicyclic amines) is 1. The lowest BCUT2D eigenvalue weighted by molar-refractivity contribution is -0.131. The standard InChI is InChI=1S/C10H20N2O3/c13-8-9(14)6-11-7-10(15)12-4-2-1-3-5-12/h9,11,13-14H,1-8H2/t9-/m0/s1. The number of aliphatic hydroxyl groups is 2. The Morgan fingerprint density at radius 1 is 1.33 bits per heavy atom. The highest BCUT2D eigenvalue weighted by atomic mass is 16.3. The van der Waals surface area contributed by atoms with Gasteiger partial charge in [-0.2, -0.15) is 0 Å². The van der Waals surface area contributed by atoms with Crippen molar-refractivity contribution in [3.63, 3.8) is 0 Å². The first kappa shape index (κ1) is 12.4. The maximum atomic E-state index is 11.6. The lowest BCUT2D eigenvalue weighted by atomic mass is 10.1. The van der Waals surface area contributed by atoms with Crippen LogP contribution in [0, 0.1) is 0 Å². The van der Waals surface area contributed by atoms with Gasteiger partial charge in [0.05, 0.1) is 19.3 Å². The monoisotopic (exact) mass is 216 g/mol. The largest absolute Gasteiger partial charge is 0.394 e. The first-order valence-corrected chi connectivity index (χ1v) is 5.51. The molecule has 5 heteroatoms. The summed E-state index contributed by atoms with van der Waals surface area (Å²) in [6.07, 6.45) is 2.61. The second kappa shape index (κ2) is 6.76. The van der Waals surface area contributed by atoms with Crippen LogP contribution in [-0.4, -0.2) is 59.9 Å². The van der Waals surface area contributed by atoms with Gasteiger partial charge in [0.25, 0.3) is 0 Å². The molecule has 0 aromatic rings. The zero-order chi connectivity index (χ0) is 11.1. The molecule has 3 N–H and O–H groups in total. The summed E-state index contributed by atoms with van der Waals surface area (Å²) in [4.78, 5) is 13.4. The van der Waals surface area contributed by atoms with Crippen LogP contribution in [0.25, 0.3) is 0 Å². The Balaban J connectivity index is 2.12. The van der Waals surface area contributed by atoms with Crippen LogP contribution in [0.1, 0.15) is 19.3 Å². The molecule has 1 rings (SSSR count). The fourth-order valence-electron chi connectivity index (χ4n) is 1.67. The molecule has 0 spiro atoms. The van der Waals surface area contributed by atoms with Crippen LogP contribution in [-0.2, 0) is 4.79 Å². The summed E-state index contributed by atoms with van der Waals surface area (Å²) in [5.74, 6) is 0.0832. The van der Waals surface area contributed by atoms with E-state index in [0.29, 0.717) is 0 Å². The van der Waals surface area contributed by atoms with Crippen molar-refractivity contribution >= 4 is 5.91 Å². The van der Waals surface area contributed by atoms with Crippen molar-refractivity contribution in [2.24, 2.45) is 0 Å². The molecule has 15 heavy (non-hydrogen) atoms. The van der Waals surface area contributed by atoms with E-state index in [4.69, 9.17) is 10.2 Å². The Morgan fingerprint density at radius 2 is 2.00 bits per heavy atom. The minimum absolute atomic E-state index is 0.0832. The summed E-state index contributed by atoms with van der Waals surface area (Å²) in [6, 6.07) is 0. The molecule has 0 aromatic carbocycles. The van der Waals surface area contributed by atoms with Crippen LogP contribution in [0.3, 0.4) is 0 Å². The first-order valence-electron chi connectivity index (χ1n) is 5.51. The molecule has 1 atom stereocenters. The van der Waals surface area contributed by atoms with Gasteiger partial charge in [-0.05, 0) is 19.3 Å². The fraction of sp³-hybridized carbons (Fsp3) is 0.900. The summed E-state index contributed by atoms with van der Waals surface area (Å²) >= 11 is 0. The third-order valence-electron chi connectivity index (χ3n) is 2.58. The highest BCUT2D eigenvalue weighted by molar-refractivity contribution is 5.78. The van der Waals surface area contributed by atoms with E-state index in [-0.39, 0.29) is 25.6 Å². The zero-order valence-corrected chi connectivity index (χ0v) is 8.98. The van der Waals surface area contributed by atoms with Crippen molar-refractivity contribution in [1.29, 1.82) is 0 Å². The molecule has 88 valence electrons. The summed E-state index contributed by atoms with van der Waals surface area (Å²) in [5.41, 5.74) is 0. The molecule has 1 amide bonds. The quantitative estimate of drug-likeness (QED) is 0.548. The number of hydrogen-bond donors (Lipinski definition) is 3. The molecule has 0 bridgehead atoms. The van der Waals surface area contributed by atoms with E-state index in [1.54, 1.807) is 0 Å². The van der Waals surface area contributed by atoms with Gasteiger partial charge in [-0.25, -0.2) is 0 Å². The predicted molar refractivity (Wildman–Crippen MR) is 56.4 cm³/mol. The average molecular weight is 216 g/mol. The lowest BCUT2D eigenvalue weighted by Gasteiger charge is -2.26. The number of nitrogens with zero attached hydrogens (tertiary/aromatic N) is 1. The predicted octanol–water partition coefficient (Wildman–Crippen LogP) is -1.06. The minimum atomic E-state index is -0.779. The Hall–Kier alpha value is -0.650. The molecule has 1 aliphatic rings. The Kier molecular flexibility index (Phi) is 5.60. The van der Waals surface area contributed by atoms with E-state index in [2.05, 4.69) is 5.32 Å². The number of hydrogen-bond acceptors (Lipinski definition) is 4. The van der Waals surface area contributed by atoms with Gasteiger partial charge in [0.15, 0.2) is 0 Å². The van der Waals surface area contributed by atoms with Gasteiger partial charge in [-0.1, -0.05) is 0 Å². The number of carbonyl (C=O) groups excluding carboxylic acids is 1. The van der Waals surface area contributed by atoms with Crippen LogP contribution < -0.4 is 5.32 Å². The normalized spacial score (nSPS) is 18.9. The molecular formula is C10H20N2O3. The van der Waals surface area contributed by atoms with Gasteiger partial charge in [-0.3, -0.25) is 4.79 Å². The summed E-state index contributed by atoms with van der Waals surface area (Å²) in [6.45, 7) is 1.93. The third kappa shape index (κ3) is 4.59. The van der Waals surface area contributed by atoms with Gasteiger partial charge in [0.1, 0.15) is 0 Å². The van der Waals surface area contributed by atoms with Crippen molar-refractivity contribution in [2.45, 2.75) is 25.4 Å². The van der Waals surface area contributed by atoms with Crippen LogP contribution in [0.15, 0.2) is 0 Å². The molecular weight excluding hydrogens is 196 g/mol. The maximum Gasteiger partial charge on any atom is 0.236 e. The van der Waals surface area contributed by atoms with E-state index >= 15 is 0 Å². The van der Waals surface area contributed by atoms with Crippen molar-refractivity contribution in [3.05, 3.63) is 0 Å². The SMILES string of the molecule is O=C(CNC[C@H](O)CO)N1CCCCC1. The second-order valence-corrected chi connectivity index (χ2v) is 3.91.